The van der Waals surface area contributed by atoms with Crippen molar-refractivity contribution in [3.63, 3.8) is 0 Å². The third-order valence-electron chi connectivity index (χ3n) is 3.28. The van der Waals surface area contributed by atoms with E-state index >= 15 is 0 Å². The summed E-state index contributed by atoms with van der Waals surface area (Å²) in [6.07, 6.45) is 2.28. The first-order valence-corrected chi connectivity index (χ1v) is 5.98. The number of benzene rings is 1. The van der Waals surface area contributed by atoms with E-state index in [2.05, 4.69) is 47.6 Å². The van der Waals surface area contributed by atoms with Gasteiger partial charge in [0.2, 0.25) is 0 Å². The Morgan fingerprint density at radius 1 is 1.33 bits per heavy atom. The molecule has 0 aliphatic rings. The highest BCUT2D eigenvalue weighted by Gasteiger charge is 2.17. The smallest absolute Gasteiger partial charge is 0.138 e. The molecule has 2 aromatic rings. The van der Waals surface area contributed by atoms with Gasteiger partial charge in [0.1, 0.15) is 12.2 Å². The van der Waals surface area contributed by atoms with Crippen molar-refractivity contribution < 1.29 is 0 Å². The number of nitrogens with zero attached hydrogens (tertiary/aromatic N) is 3. The van der Waals surface area contributed by atoms with Crippen molar-refractivity contribution in [1.29, 1.82) is 0 Å². The molecule has 0 saturated carbocycles. The number of rotatable bonds is 4. The van der Waals surface area contributed by atoms with E-state index in [1.54, 1.807) is 11.0 Å². The van der Waals surface area contributed by atoms with Crippen LogP contribution in [-0.4, -0.2) is 14.8 Å². The lowest BCUT2D eigenvalue weighted by molar-refractivity contribution is 0.519. The number of hydrogen-bond donors (Lipinski definition) is 2. The molecule has 0 fully saturated rings. The predicted octanol–water partition coefficient (Wildman–Crippen LogP) is 1.18. The molecule has 0 radical (unpaired) electrons. The monoisotopic (exact) mass is 245 g/mol. The summed E-state index contributed by atoms with van der Waals surface area (Å²) in [5, 5.41) is 4.08. The Balaban J connectivity index is 2.32. The van der Waals surface area contributed by atoms with Gasteiger partial charge in [-0.25, -0.2) is 4.98 Å². The van der Waals surface area contributed by atoms with Crippen LogP contribution >= 0.6 is 0 Å². The van der Waals surface area contributed by atoms with Crippen molar-refractivity contribution in [3.8, 4) is 0 Å². The summed E-state index contributed by atoms with van der Waals surface area (Å²) in [5.74, 6) is 6.62. The molecule has 96 valence electrons. The van der Waals surface area contributed by atoms with Crippen molar-refractivity contribution in [1.82, 2.24) is 20.2 Å². The first-order valence-electron chi connectivity index (χ1n) is 5.98. The molecule has 1 aromatic heterocycles. The molecule has 0 spiro atoms. The fourth-order valence-electron chi connectivity index (χ4n) is 2.31. The Labute approximate surface area is 107 Å². The van der Waals surface area contributed by atoms with Gasteiger partial charge >= 0.3 is 0 Å². The van der Waals surface area contributed by atoms with Gasteiger partial charge in [0.25, 0.3) is 0 Å². The first kappa shape index (κ1) is 12.7. The van der Waals surface area contributed by atoms with Gasteiger partial charge < -0.3 is 0 Å². The summed E-state index contributed by atoms with van der Waals surface area (Å²) < 4.78 is 1.78. The molecule has 0 aliphatic carbocycles. The van der Waals surface area contributed by atoms with E-state index in [-0.39, 0.29) is 6.04 Å². The van der Waals surface area contributed by atoms with E-state index in [0.717, 1.165) is 12.2 Å². The first-order chi connectivity index (χ1) is 8.63. The van der Waals surface area contributed by atoms with Crippen molar-refractivity contribution >= 4 is 0 Å². The minimum Gasteiger partial charge on any atom is -0.271 e. The van der Waals surface area contributed by atoms with E-state index in [9.17, 15) is 0 Å². The third kappa shape index (κ3) is 2.42. The molecule has 1 unspecified atom stereocenters. The number of hydrazine groups is 1. The highest BCUT2D eigenvalue weighted by Crippen LogP contribution is 2.23. The molecule has 3 N–H and O–H groups in total. The second-order valence-corrected chi connectivity index (χ2v) is 4.53. The maximum Gasteiger partial charge on any atom is 0.138 e. The van der Waals surface area contributed by atoms with Crippen LogP contribution in [0.3, 0.4) is 0 Å². The Kier molecular flexibility index (Phi) is 3.74. The molecule has 0 amide bonds. The largest absolute Gasteiger partial charge is 0.271 e. The molecule has 0 saturated heterocycles. The van der Waals surface area contributed by atoms with Gasteiger partial charge in [0, 0.05) is 13.5 Å². The summed E-state index contributed by atoms with van der Waals surface area (Å²) in [7, 11) is 1.89. The highest BCUT2D eigenvalue weighted by molar-refractivity contribution is 5.36. The van der Waals surface area contributed by atoms with E-state index in [1.165, 1.54) is 16.7 Å². The van der Waals surface area contributed by atoms with Crippen molar-refractivity contribution in [2.45, 2.75) is 26.3 Å². The molecule has 0 bridgehead atoms. The molecular weight excluding hydrogens is 226 g/mol. The van der Waals surface area contributed by atoms with E-state index in [4.69, 9.17) is 5.84 Å². The quantitative estimate of drug-likeness (QED) is 0.627. The summed E-state index contributed by atoms with van der Waals surface area (Å²) in [6.45, 7) is 4.20. The zero-order valence-electron chi connectivity index (χ0n) is 11.0. The van der Waals surface area contributed by atoms with Crippen molar-refractivity contribution in [2.24, 2.45) is 12.9 Å². The summed E-state index contributed by atoms with van der Waals surface area (Å²) in [4.78, 5) is 4.24. The van der Waals surface area contributed by atoms with Gasteiger partial charge in [-0.2, -0.15) is 5.10 Å². The molecule has 5 heteroatoms. The van der Waals surface area contributed by atoms with Gasteiger partial charge in [-0.05, 0) is 30.5 Å². The lowest BCUT2D eigenvalue weighted by Crippen LogP contribution is -2.31. The van der Waals surface area contributed by atoms with Crippen molar-refractivity contribution in [2.75, 3.05) is 0 Å². The van der Waals surface area contributed by atoms with Crippen LogP contribution in [0.25, 0.3) is 0 Å². The second-order valence-electron chi connectivity index (χ2n) is 4.53. The third-order valence-corrected chi connectivity index (χ3v) is 3.28. The lowest BCUT2D eigenvalue weighted by Gasteiger charge is -2.20. The summed E-state index contributed by atoms with van der Waals surface area (Å²) in [5.41, 5.74) is 6.60. The van der Waals surface area contributed by atoms with Crippen LogP contribution in [0.15, 0.2) is 24.5 Å². The number of aromatic nitrogens is 3. The fourth-order valence-corrected chi connectivity index (χ4v) is 2.31. The fraction of sp³-hybridized carbons (Fsp3) is 0.385. The normalized spacial score (nSPS) is 12.7. The Morgan fingerprint density at radius 2 is 2.00 bits per heavy atom. The molecule has 5 nitrogen and oxygen atoms in total. The molecule has 18 heavy (non-hydrogen) atoms. The molecule has 0 aliphatic heterocycles. The minimum absolute atomic E-state index is 0.0501. The zero-order valence-corrected chi connectivity index (χ0v) is 11.0. The van der Waals surface area contributed by atoms with E-state index in [1.807, 2.05) is 7.05 Å². The number of aryl methyl sites for hydroxylation is 3. The summed E-state index contributed by atoms with van der Waals surface area (Å²) >= 11 is 0. The van der Waals surface area contributed by atoms with Crippen molar-refractivity contribution in [3.05, 3.63) is 47.0 Å². The molecular formula is C13H19N5. The van der Waals surface area contributed by atoms with E-state index < -0.39 is 0 Å². The van der Waals surface area contributed by atoms with Gasteiger partial charge in [0.15, 0.2) is 0 Å². The van der Waals surface area contributed by atoms with Crippen LogP contribution in [-0.2, 0) is 13.5 Å². The number of nitrogens with two attached hydrogens (primary N) is 1. The van der Waals surface area contributed by atoms with Gasteiger partial charge in [-0.15, -0.1) is 0 Å². The predicted molar refractivity (Wildman–Crippen MR) is 70.7 cm³/mol. The Bertz CT molecular complexity index is 512. The highest BCUT2D eigenvalue weighted by atomic mass is 15.3. The van der Waals surface area contributed by atoms with Gasteiger partial charge in [-0.3, -0.25) is 16.0 Å². The standard InChI is InChI=1S/C13H19N5/c1-9-5-4-6-10(2)13(9)11(17-14)7-12-15-8-16-18(12)3/h4-6,8,11,17H,7,14H2,1-3H3. The number of nitrogens with one attached hydrogen (secondary N) is 1. The lowest BCUT2D eigenvalue weighted by atomic mass is 9.94. The average Bonchev–Trinajstić information content (AvgIpc) is 2.73. The zero-order chi connectivity index (χ0) is 13.1. The van der Waals surface area contributed by atoms with Crippen LogP contribution in [0.5, 0.6) is 0 Å². The topological polar surface area (TPSA) is 68.8 Å². The molecule has 2 rings (SSSR count). The van der Waals surface area contributed by atoms with Gasteiger partial charge in [-0.1, -0.05) is 18.2 Å². The Morgan fingerprint density at radius 3 is 2.50 bits per heavy atom. The SMILES string of the molecule is Cc1cccc(C)c1C(Cc1ncnn1C)NN. The van der Waals surface area contributed by atoms with Crippen LogP contribution in [0.1, 0.15) is 28.6 Å². The number of hydrogen-bond acceptors (Lipinski definition) is 4. The Hall–Kier alpha value is -1.72. The average molecular weight is 245 g/mol. The second kappa shape index (κ2) is 5.29. The summed E-state index contributed by atoms with van der Waals surface area (Å²) in [6, 6.07) is 6.31. The maximum absolute atomic E-state index is 5.70. The van der Waals surface area contributed by atoms with Crippen LogP contribution in [0, 0.1) is 13.8 Å². The molecule has 1 atom stereocenters. The van der Waals surface area contributed by atoms with E-state index in [0.29, 0.717) is 0 Å². The molecule has 1 aromatic carbocycles. The van der Waals surface area contributed by atoms with Crippen LogP contribution in [0.2, 0.25) is 0 Å². The van der Waals surface area contributed by atoms with Crippen LogP contribution in [0.4, 0.5) is 0 Å². The molecule has 1 heterocycles. The van der Waals surface area contributed by atoms with Gasteiger partial charge in [0.05, 0.1) is 6.04 Å². The van der Waals surface area contributed by atoms with Crippen LogP contribution < -0.4 is 11.3 Å². The minimum atomic E-state index is 0.0501. The maximum atomic E-state index is 5.70.